The van der Waals surface area contributed by atoms with E-state index in [9.17, 15) is 0 Å². The van der Waals surface area contributed by atoms with E-state index in [0.717, 1.165) is 19.3 Å². The summed E-state index contributed by atoms with van der Waals surface area (Å²) in [6.07, 6.45) is 3.19. The number of aryl methyl sites for hydroxylation is 8. The Balaban J connectivity index is 0.949. The van der Waals surface area contributed by atoms with Gasteiger partial charge in [0, 0.05) is 50.4 Å². The first-order valence-electron chi connectivity index (χ1n) is 25.1. The van der Waals surface area contributed by atoms with Crippen molar-refractivity contribution in [2.24, 2.45) is 0 Å². The molecule has 0 aromatic heterocycles. The van der Waals surface area contributed by atoms with Gasteiger partial charge in [-0.2, -0.15) is 0 Å². The van der Waals surface area contributed by atoms with Crippen molar-refractivity contribution in [3.63, 3.8) is 0 Å². The van der Waals surface area contributed by atoms with Crippen LogP contribution in [0.3, 0.4) is 0 Å². The van der Waals surface area contributed by atoms with E-state index >= 15 is 0 Å². The van der Waals surface area contributed by atoms with Crippen LogP contribution in [0.1, 0.15) is 130 Å². The maximum atomic E-state index is 2.64. The Morgan fingerprint density at radius 1 is 0.368 bits per heavy atom. The van der Waals surface area contributed by atoms with E-state index in [1.165, 1.54) is 134 Å². The average Bonchev–Trinajstić information content (AvgIpc) is 3.91. The van der Waals surface area contributed by atoms with E-state index in [0.29, 0.717) is 0 Å². The zero-order valence-corrected chi connectivity index (χ0v) is 42.4. The summed E-state index contributed by atoms with van der Waals surface area (Å²) < 4.78 is 0. The van der Waals surface area contributed by atoms with E-state index in [2.05, 4.69) is 238 Å². The molecule has 8 aromatic carbocycles. The van der Waals surface area contributed by atoms with Crippen molar-refractivity contribution >= 4 is 34.1 Å². The van der Waals surface area contributed by atoms with Crippen molar-refractivity contribution in [2.75, 3.05) is 9.80 Å². The third kappa shape index (κ3) is 6.50. The van der Waals surface area contributed by atoms with Gasteiger partial charge in [-0.25, -0.2) is 0 Å². The fraction of sp³-hybridized carbons (Fsp3) is 0.273. The Morgan fingerprint density at radius 3 is 1.18 bits per heavy atom. The van der Waals surface area contributed by atoms with Crippen molar-refractivity contribution in [3.8, 4) is 11.1 Å². The topological polar surface area (TPSA) is 6.48 Å². The first kappa shape index (κ1) is 43.9. The van der Waals surface area contributed by atoms with E-state index in [-0.39, 0.29) is 16.2 Å². The van der Waals surface area contributed by atoms with Crippen LogP contribution in [0, 0.1) is 55.4 Å². The minimum Gasteiger partial charge on any atom is -0.310 e. The molecule has 2 unspecified atom stereocenters. The van der Waals surface area contributed by atoms with Gasteiger partial charge in [0.25, 0.3) is 0 Å². The maximum Gasteiger partial charge on any atom is 0.0493 e. The van der Waals surface area contributed by atoms with Crippen LogP contribution in [0.2, 0.25) is 0 Å². The molecule has 0 bridgehead atoms. The minimum absolute atomic E-state index is 0.0120. The second-order valence-corrected chi connectivity index (χ2v) is 21.4. The lowest BCUT2D eigenvalue weighted by Gasteiger charge is -2.46. The zero-order valence-electron chi connectivity index (χ0n) is 42.4. The van der Waals surface area contributed by atoms with Gasteiger partial charge in [0.05, 0.1) is 0 Å². The Hall–Kier alpha value is -6.64. The standard InChI is InChI=1S/C66H66N2/c1-13-65(55-31-46(9)62(33-44(55)7)67(49-23-15-40(3)16-24-49)50-25-17-41(4)18-26-50)39-48-35-53-54-36-60-61(38-59(54)64(11,12)58(53)37-57(48)65)66(60,14-2)56-32-47(10)63(34-45(56)8)68(51-27-19-42(5)20-28-51)52-29-21-43(6)22-30-52/h15-38H,13-14,39H2,1-12H3. The van der Waals surface area contributed by atoms with Crippen molar-refractivity contribution in [1.82, 2.24) is 0 Å². The smallest absolute Gasteiger partial charge is 0.0493 e. The van der Waals surface area contributed by atoms with Crippen LogP contribution in [-0.4, -0.2) is 0 Å². The molecule has 0 amide bonds. The van der Waals surface area contributed by atoms with Crippen LogP contribution in [-0.2, 0) is 22.7 Å². The Kier molecular flexibility index (Phi) is 10.1. The van der Waals surface area contributed by atoms with Gasteiger partial charge in [0.1, 0.15) is 0 Å². The van der Waals surface area contributed by atoms with Gasteiger partial charge in [0.2, 0.25) is 0 Å². The number of rotatable bonds is 10. The molecule has 11 rings (SSSR count). The van der Waals surface area contributed by atoms with Crippen molar-refractivity contribution in [3.05, 3.63) is 235 Å². The fourth-order valence-electron chi connectivity index (χ4n) is 12.7. The quantitative estimate of drug-likeness (QED) is 0.135. The third-order valence-electron chi connectivity index (χ3n) is 16.7. The molecule has 0 saturated carbocycles. The highest BCUT2D eigenvalue weighted by Crippen LogP contribution is 2.64. The van der Waals surface area contributed by atoms with Crippen LogP contribution in [0.15, 0.2) is 146 Å². The van der Waals surface area contributed by atoms with Crippen LogP contribution < -0.4 is 9.80 Å². The Labute approximate surface area is 406 Å². The molecular weight excluding hydrogens is 821 g/mol. The van der Waals surface area contributed by atoms with Gasteiger partial charge in [-0.15, -0.1) is 0 Å². The van der Waals surface area contributed by atoms with Gasteiger partial charge in [-0.1, -0.05) is 129 Å². The number of nitrogens with zero attached hydrogens (tertiary/aromatic N) is 2. The van der Waals surface area contributed by atoms with Gasteiger partial charge < -0.3 is 9.80 Å². The van der Waals surface area contributed by atoms with Gasteiger partial charge >= 0.3 is 0 Å². The molecule has 2 nitrogen and oxygen atoms in total. The largest absolute Gasteiger partial charge is 0.310 e. The van der Waals surface area contributed by atoms with E-state index < -0.39 is 0 Å². The number of anilines is 6. The highest BCUT2D eigenvalue weighted by atomic mass is 15.1. The van der Waals surface area contributed by atoms with Crippen molar-refractivity contribution in [1.29, 1.82) is 0 Å². The van der Waals surface area contributed by atoms with Crippen LogP contribution in [0.4, 0.5) is 34.1 Å². The summed E-state index contributed by atoms with van der Waals surface area (Å²) in [5, 5.41) is 0. The van der Waals surface area contributed by atoms with Crippen LogP contribution in [0.25, 0.3) is 11.1 Å². The molecule has 0 radical (unpaired) electrons. The lowest BCUT2D eigenvalue weighted by atomic mass is 9.57. The van der Waals surface area contributed by atoms with Gasteiger partial charge in [0.15, 0.2) is 0 Å². The molecule has 0 spiro atoms. The molecule has 68 heavy (non-hydrogen) atoms. The number of hydrogen-bond acceptors (Lipinski definition) is 2. The summed E-state index contributed by atoms with van der Waals surface area (Å²) in [4.78, 5) is 4.87. The first-order valence-corrected chi connectivity index (χ1v) is 25.1. The molecule has 0 N–H and O–H groups in total. The molecule has 0 saturated heterocycles. The molecule has 8 aromatic rings. The zero-order chi connectivity index (χ0) is 47.6. The molecule has 3 aliphatic rings. The highest BCUT2D eigenvalue weighted by Gasteiger charge is 2.54. The lowest BCUT2D eigenvalue weighted by molar-refractivity contribution is 0.429. The van der Waals surface area contributed by atoms with Crippen molar-refractivity contribution < 1.29 is 0 Å². The predicted octanol–water partition coefficient (Wildman–Crippen LogP) is 17.7. The summed E-state index contributed by atoms with van der Waals surface area (Å²) >= 11 is 0. The SMILES string of the molecule is CCC1(c2cc(C)c(N(c3ccc(C)cc3)c3ccc(C)cc3)cc2C)Cc2cc3c(cc21)C(C)(C)c1cc2c(cc1-3)C2(CC)c1cc(C)c(N(c2ccc(C)cc2)c2ccc(C)cc2)cc1C. The molecular formula is C66H66N2. The number of benzene rings is 8. The molecule has 0 fully saturated rings. The van der Waals surface area contributed by atoms with Gasteiger partial charge in [-0.3, -0.25) is 0 Å². The third-order valence-corrected chi connectivity index (χ3v) is 16.7. The van der Waals surface area contributed by atoms with E-state index in [1.54, 1.807) is 0 Å². The average molecular weight is 887 g/mol. The maximum absolute atomic E-state index is 2.64. The van der Waals surface area contributed by atoms with Crippen molar-refractivity contribution in [2.45, 2.75) is 119 Å². The Morgan fingerprint density at radius 2 is 0.750 bits per heavy atom. The minimum atomic E-state index is -0.110. The molecule has 2 heteroatoms. The second-order valence-electron chi connectivity index (χ2n) is 21.4. The van der Waals surface area contributed by atoms with Crippen LogP contribution >= 0.6 is 0 Å². The van der Waals surface area contributed by atoms with Gasteiger partial charge in [-0.05, 0) is 219 Å². The van der Waals surface area contributed by atoms with Crippen LogP contribution in [0.5, 0.6) is 0 Å². The normalized spacial score (nSPS) is 18.0. The molecule has 0 heterocycles. The summed E-state index contributed by atoms with van der Waals surface area (Å²) in [7, 11) is 0. The predicted molar refractivity (Wildman–Crippen MR) is 289 cm³/mol. The Bertz CT molecular complexity index is 3220. The number of fused-ring (bicyclic) bond motifs is 5. The summed E-state index contributed by atoms with van der Waals surface area (Å²) in [6.45, 7) is 27.7. The number of hydrogen-bond donors (Lipinski definition) is 0. The highest BCUT2D eigenvalue weighted by molar-refractivity contribution is 5.89. The fourth-order valence-corrected chi connectivity index (χ4v) is 12.7. The molecule has 2 atom stereocenters. The van der Waals surface area contributed by atoms with E-state index in [4.69, 9.17) is 0 Å². The van der Waals surface area contributed by atoms with E-state index in [1.807, 2.05) is 0 Å². The summed E-state index contributed by atoms with van der Waals surface area (Å²) in [6, 6.07) is 56.2. The molecule has 3 aliphatic carbocycles. The lowest BCUT2D eigenvalue weighted by Crippen LogP contribution is -2.40. The first-order chi connectivity index (χ1) is 32.6. The monoisotopic (exact) mass is 887 g/mol. The molecule has 340 valence electrons. The second kappa shape index (κ2) is 15.7. The summed E-state index contributed by atoms with van der Waals surface area (Å²) in [5.41, 5.74) is 32.2. The summed E-state index contributed by atoms with van der Waals surface area (Å²) in [5.74, 6) is 0. The molecule has 0 aliphatic heterocycles.